The van der Waals surface area contributed by atoms with E-state index in [4.69, 9.17) is 16.9 Å². The summed E-state index contributed by atoms with van der Waals surface area (Å²) in [6.45, 7) is 0. The molecule has 0 spiro atoms. The van der Waals surface area contributed by atoms with Gasteiger partial charge in [0.15, 0.2) is 5.69 Å². The smallest absolute Gasteiger partial charge is 0.177 e. The number of halogens is 3. The van der Waals surface area contributed by atoms with Crippen molar-refractivity contribution in [1.82, 2.24) is 9.78 Å². The average Bonchev–Trinajstić information content (AvgIpc) is 2.64. The second kappa shape index (κ2) is 4.24. The molecule has 1 aromatic heterocycles. The van der Waals surface area contributed by atoms with Gasteiger partial charge in [-0.05, 0) is 34.1 Å². The first-order valence-electron chi connectivity index (χ1n) is 4.22. The lowest BCUT2D eigenvalue weighted by Crippen LogP contribution is -1.95. The number of nitrogens with zero attached hydrogens (tertiary/aromatic N) is 3. The zero-order valence-electron chi connectivity index (χ0n) is 7.78. The first-order valence-corrected chi connectivity index (χ1v) is 5.39. The minimum absolute atomic E-state index is 0.0163. The number of rotatable bonds is 1. The summed E-state index contributed by atoms with van der Waals surface area (Å²) < 4.78 is 15.0. The van der Waals surface area contributed by atoms with Crippen molar-refractivity contribution in [3.63, 3.8) is 0 Å². The molecule has 0 saturated heterocycles. The molecule has 0 fully saturated rings. The molecule has 0 aliphatic carbocycles. The van der Waals surface area contributed by atoms with Crippen molar-refractivity contribution in [2.75, 3.05) is 0 Å². The summed E-state index contributed by atoms with van der Waals surface area (Å²) in [7, 11) is 0. The highest BCUT2D eigenvalue weighted by atomic mass is 79.9. The Bertz CT molecular complexity index is 588. The predicted molar refractivity (Wildman–Crippen MR) is 60.9 cm³/mol. The van der Waals surface area contributed by atoms with Gasteiger partial charge in [0.2, 0.25) is 0 Å². The Hall–Kier alpha value is -1.38. The van der Waals surface area contributed by atoms with Gasteiger partial charge in [-0.25, -0.2) is 9.07 Å². The Balaban J connectivity index is 2.51. The van der Waals surface area contributed by atoms with Crippen LogP contribution in [0.2, 0.25) is 5.02 Å². The maximum absolute atomic E-state index is 12.9. The van der Waals surface area contributed by atoms with Crippen molar-refractivity contribution in [3.8, 4) is 11.8 Å². The molecule has 2 aromatic rings. The Morgan fingerprint density at radius 1 is 1.50 bits per heavy atom. The molecule has 2 rings (SSSR count). The van der Waals surface area contributed by atoms with Crippen LogP contribution >= 0.6 is 27.5 Å². The van der Waals surface area contributed by atoms with Crippen LogP contribution in [0.1, 0.15) is 5.69 Å². The molecule has 0 atom stereocenters. The fourth-order valence-corrected chi connectivity index (χ4v) is 1.73. The fraction of sp³-hybridized carbons (Fsp3) is 0. The lowest BCUT2D eigenvalue weighted by molar-refractivity contribution is 0.627. The Morgan fingerprint density at radius 3 is 2.81 bits per heavy atom. The molecule has 0 amide bonds. The molecule has 80 valence electrons. The van der Waals surface area contributed by atoms with Crippen LogP contribution in [0.3, 0.4) is 0 Å². The van der Waals surface area contributed by atoms with Gasteiger partial charge in [0, 0.05) is 6.20 Å². The molecule has 0 radical (unpaired) electrons. The minimum Gasteiger partial charge on any atom is -0.238 e. The summed E-state index contributed by atoms with van der Waals surface area (Å²) in [6.07, 6.45) is 1.61. The molecule has 0 unspecified atom stereocenters. The van der Waals surface area contributed by atoms with E-state index in [9.17, 15) is 4.39 Å². The highest BCUT2D eigenvalue weighted by molar-refractivity contribution is 9.10. The van der Waals surface area contributed by atoms with Gasteiger partial charge in [0.05, 0.1) is 15.2 Å². The van der Waals surface area contributed by atoms with E-state index in [2.05, 4.69) is 21.0 Å². The highest BCUT2D eigenvalue weighted by Gasteiger charge is 2.08. The number of hydrogen-bond acceptors (Lipinski definition) is 2. The molecular weight excluding hydrogens is 296 g/mol. The molecule has 0 bridgehead atoms. The van der Waals surface area contributed by atoms with Crippen LogP contribution in [0, 0.1) is 17.1 Å². The molecule has 16 heavy (non-hydrogen) atoms. The van der Waals surface area contributed by atoms with Crippen molar-refractivity contribution < 1.29 is 4.39 Å². The largest absolute Gasteiger partial charge is 0.238 e. The SMILES string of the molecule is N#Cc1nn(-c2ccc(F)c(Cl)c2)cc1Br. The topological polar surface area (TPSA) is 41.6 Å². The van der Waals surface area contributed by atoms with E-state index in [1.165, 1.54) is 22.9 Å². The molecule has 1 aromatic carbocycles. The standard InChI is InChI=1S/C10H4BrClFN3/c11-7-5-16(15-10(7)4-14)6-1-2-9(13)8(12)3-6/h1-3,5H. The lowest BCUT2D eigenvalue weighted by Gasteiger charge is -2.01. The van der Waals surface area contributed by atoms with Gasteiger partial charge in [0.1, 0.15) is 11.9 Å². The van der Waals surface area contributed by atoms with Crippen molar-refractivity contribution in [2.45, 2.75) is 0 Å². The van der Waals surface area contributed by atoms with Crippen molar-refractivity contribution >= 4 is 27.5 Å². The van der Waals surface area contributed by atoms with Crippen LogP contribution in [-0.4, -0.2) is 9.78 Å². The van der Waals surface area contributed by atoms with Gasteiger partial charge < -0.3 is 0 Å². The molecule has 6 heteroatoms. The van der Waals surface area contributed by atoms with E-state index in [-0.39, 0.29) is 10.7 Å². The molecule has 0 N–H and O–H groups in total. The normalized spacial score (nSPS) is 10.1. The third kappa shape index (κ3) is 1.94. The highest BCUT2D eigenvalue weighted by Crippen LogP contribution is 2.21. The van der Waals surface area contributed by atoms with Crippen LogP contribution in [-0.2, 0) is 0 Å². The maximum atomic E-state index is 12.9. The zero-order valence-corrected chi connectivity index (χ0v) is 10.1. The Kier molecular flexibility index (Phi) is 2.95. The number of aromatic nitrogens is 2. The summed E-state index contributed by atoms with van der Waals surface area (Å²) in [4.78, 5) is 0. The van der Waals surface area contributed by atoms with Gasteiger partial charge >= 0.3 is 0 Å². The Morgan fingerprint density at radius 2 is 2.25 bits per heavy atom. The van der Waals surface area contributed by atoms with E-state index in [0.717, 1.165) is 0 Å². The molecule has 3 nitrogen and oxygen atoms in total. The Labute approximate surface area is 104 Å². The summed E-state index contributed by atoms with van der Waals surface area (Å²) in [5.41, 5.74) is 0.856. The molecule has 0 saturated carbocycles. The van der Waals surface area contributed by atoms with Gasteiger partial charge in [-0.3, -0.25) is 0 Å². The van der Waals surface area contributed by atoms with Crippen LogP contribution in [0.25, 0.3) is 5.69 Å². The van der Waals surface area contributed by atoms with Crippen molar-refractivity contribution in [1.29, 1.82) is 5.26 Å². The zero-order chi connectivity index (χ0) is 11.7. The second-order valence-corrected chi connectivity index (χ2v) is 4.24. The first kappa shape index (κ1) is 11.1. The van der Waals surface area contributed by atoms with E-state index < -0.39 is 5.82 Å². The number of hydrogen-bond donors (Lipinski definition) is 0. The summed E-state index contributed by atoms with van der Waals surface area (Å²) >= 11 is 8.85. The van der Waals surface area contributed by atoms with Crippen LogP contribution < -0.4 is 0 Å². The summed E-state index contributed by atoms with van der Waals surface area (Å²) in [5.74, 6) is -0.489. The van der Waals surface area contributed by atoms with Gasteiger partial charge in [-0.15, -0.1) is 0 Å². The second-order valence-electron chi connectivity index (χ2n) is 2.98. The van der Waals surface area contributed by atoms with E-state index in [0.29, 0.717) is 10.2 Å². The maximum Gasteiger partial charge on any atom is 0.177 e. The first-order chi connectivity index (χ1) is 7.61. The third-order valence-electron chi connectivity index (χ3n) is 1.94. The van der Waals surface area contributed by atoms with Crippen molar-refractivity contribution in [3.05, 3.63) is 45.4 Å². The summed E-state index contributed by atoms with van der Waals surface area (Å²) in [6, 6.07) is 6.15. The number of nitriles is 1. The van der Waals surface area contributed by atoms with E-state index in [1.807, 2.05) is 6.07 Å². The third-order valence-corrected chi connectivity index (χ3v) is 2.81. The summed E-state index contributed by atoms with van der Waals surface area (Å²) in [5, 5.41) is 12.7. The quantitative estimate of drug-likeness (QED) is 0.811. The number of benzene rings is 1. The predicted octanol–water partition coefficient (Wildman–Crippen LogP) is 3.30. The monoisotopic (exact) mass is 299 g/mol. The molecule has 1 heterocycles. The van der Waals surface area contributed by atoms with E-state index in [1.54, 1.807) is 6.20 Å². The van der Waals surface area contributed by atoms with Gasteiger partial charge in [-0.2, -0.15) is 10.4 Å². The van der Waals surface area contributed by atoms with Crippen LogP contribution in [0.5, 0.6) is 0 Å². The fourth-order valence-electron chi connectivity index (χ4n) is 1.19. The average molecular weight is 301 g/mol. The molecular formula is C10H4BrClFN3. The lowest BCUT2D eigenvalue weighted by atomic mass is 10.3. The van der Waals surface area contributed by atoms with Crippen LogP contribution in [0.15, 0.2) is 28.9 Å². The minimum atomic E-state index is -0.489. The van der Waals surface area contributed by atoms with Gasteiger partial charge in [0.25, 0.3) is 0 Å². The van der Waals surface area contributed by atoms with E-state index >= 15 is 0 Å². The van der Waals surface area contributed by atoms with Crippen molar-refractivity contribution in [2.24, 2.45) is 0 Å². The van der Waals surface area contributed by atoms with Gasteiger partial charge in [-0.1, -0.05) is 11.6 Å². The van der Waals surface area contributed by atoms with Crippen LogP contribution in [0.4, 0.5) is 4.39 Å². The molecule has 0 aliphatic rings. The molecule has 0 aliphatic heterocycles.